The fourth-order valence-corrected chi connectivity index (χ4v) is 4.35. The van der Waals surface area contributed by atoms with Crippen LogP contribution in [0.2, 0.25) is 0 Å². The Morgan fingerprint density at radius 3 is 2.58 bits per heavy atom. The van der Waals surface area contributed by atoms with E-state index in [1.54, 1.807) is 22.7 Å². The summed E-state index contributed by atoms with van der Waals surface area (Å²) in [7, 11) is 0. The Hall–Kier alpha value is -1.42. The molecule has 1 N–H and O–H groups in total. The third-order valence-electron chi connectivity index (χ3n) is 3.83. The molecule has 1 radical (unpaired) electrons. The van der Waals surface area contributed by atoms with Crippen LogP contribution in [0.15, 0.2) is 36.4 Å². The molecule has 0 spiro atoms. The smallest absolute Gasteiger partial charge is 0.0963 e. The number of allylic oxidation sites excluding steroid dienone is 3. The molecule has 24 heavy (non-hydrogen) atoms. The van der Waals surface area contributed by atoms with E-state index in [1.807, 2.05) is 32.1 Å². The Bertz CT molecular complexity index is 729. The Morgan fingerprint density at radius 1 is 1.17 bits per heavy atom. The van der Waals surface area contributed by atoms with Gasteiger partial charge in [0.25, 0.3) is 0 Å². The first-order valence-electron chi connectivity index (χ1n) is 8.29. The monoisotopic (exact) mass is 357 g/mol. The predicted molar refractivity (Wildman–Crippen MR) is 109 cm³/mol. The highest BCUT2D eigenvalue weighted by atomic mass is 32.1. The van der Waals surface area contributed by atoms with E-state index in [1.165, 1.54) is 4.88 Å². The van der Waals surface area contributed by atoms with Gasteiger partial charge in [0.2, 0.25) is 0 Å². The van der Waals surface area contributed by atoms with E-state index in [-0.39, 0.29) is 0 Å². The third-order valence-corrected chi connectivity index (χ3v) is 6.26. The SMILES string of the molecule is [CH]=C(CCC(C)(O)c1ccc(/C=C/C)s1)c1ccc(/C=C/CC)s1. The van der Waals surface area contributed by atoms with Crippen LogP contribution in [0.5, 0.6) is 0 Å². The number of hydrogen-bond acceptors (Lipinski definition) is 3. The zero-order valence-electron chi connectivity index (χ0n) is 14.6. The Kier molecular flexibility index (Phi) is 6.79. The summed E-state index contributed by atoms with van der Waals surface area (Å²) in [5.74, 6) is 0. The molecule has 1 nitrogen and oxygen atoms in total. The predicted octanol–water partition coefficient (Wildman–Crippen LogP) is 6.77. The van der Waals surface area contributed by atoms with Crippen molar-refractivity contribution in [1.29, 1.82) is 0 Å². The van der Waals surface area contributed by atoms with Gasteiger partial charge >= 0.3 is 0 Å². The van der Waals surface area contributed by atoms with Crippen LogP contribution in [0.4, 0.5) is 0 Å². The minimum atomic E-state index is -0.850. The molecule has 0 amide bonds. The molecule has 3 heteroatoms. The minimum absolute atomic E-state index is 0.618. The molecular formula is C21H25OS2. The molecule has 0 aliphatic rings. The second-order valence-corrected chi connectivity index (χ2v) is 8.24. The van der Waals surface area contributed by atoms with Gasteiger partial charge in [0.05, 0.1) is 5.60 Å². The lowest BCUT2D eigenvalue weighted by molar-refractivity contribution is 0.0532. The zero-order valence-corrected chi connectivity index (χ0v) is 16.2. The third kappa shape index (κ3) is 5.04. The first-order valence-corrected chi connectivity index (χ1v) is 9.93. The molecular weight excluding hydrogens is 332 g/mol. The van der Waals surface area contributed by atoms with Gasteiger partial charge in [-0.1, -0.05) is 25.7 Å². The van der Waals surface area contributed by atoms with Crippen molar-refractivity contribution in [3.63, 3.8) is 0 Å². The maximum absolute atomic E-state index is 10.8. The Balaban J connectivity index is 1.98. The quantitative estimate of drug-likeness (QED) is 0.552. The van der Waals surface area contributed by atoms with Gasteiger partial charge in [0, 0.05) is 19.5 Å². The van der Waals surface area contributed by atoms with Crippen molar-refractivity contribution in [1.82, 2.24) is 0 Å². The van der Waals surface area contributed by atoms with Crippen molar-refractivity contribution >= 4 is 40.4 Å². The summed E-state index contributed by atoms with van der Waals surface area (Å²) in [6.07, 6.45) is 10.7. The van der Waals surface area contributed by atoms with Crippen molar-refractivity contribution in [3.8, 4) is 0 Å². The molecule has 0 saturated heterocycles. The normalized spacial score (nSPS) is 14.5. The molecule has 2 aromatic rings. The van der Waals surface area contributed by atoms with E-state index in [9.17, 15) is 5.11 Å². The van der Waals surface area contributed by atoms with E-state index in [4.69, 9.17) is 6.58 Å². The molecule has 0 aromatic carbocycles. The molecule has 1 atom stereocenters. The van der Waals surface area contributed by atoms with Crippen molar-refractivity contribution in [2.24, 2.45) is 0 Å². The Labute approximate surface area is 153 Å². The van der Waals surface area contributed by atoms with Gasteiger partial charge in [-0.25, -0.2) is 0 Å². The van der Waals surface area contributed by atoms with E-state index < -0.39 is 5.60 Å². The van der Waals surface area contributed by atoms with Gasteiger partial charge in [-0.2, -0.15) is 0 Å². The largest absolute Gasteiger partial charge is 0.385 e. The molecule has 2 rings (SSSR count). The summed E-state index contributed by atoms with van der Waals surface area (Å²) in [4.78, 5) is 4.47. The number of aliphatic hydroxyl groups is 1. The molecule has 1 unspecified atom stereocenters. The van der Waals surface area contributed by atoms with E-state index in [2.05, 4.69) is 37.3 Å². The summed E-state index contributed by atoms with van der Waals surface area (Å²) in [6, 6.07) is 8.22. The second-order valence-electron chi connectivity index (χ2n) is 6.01. The lowest BCUT2D eigenvalue weighted by atomic mass is 9.95. The van der Waals surface area contributed by atoms with Crippen LogP contribution >= 0.6 is 22.7 Å². The number of rotatable bonds is 8. The van der Waals surface area contributed by atoms with Crippen LogP contribution in [0.3, 0.4) is 0 Å². The summed E-state index contributed by atoms with van der Waals surface area (Å²) in [6.45, 7) is 12.3. The van der Waals surface area contributed by atoms with Crippen LogP contribution < -0.4 is 0 Å². The maximum atomic E-state index is 10.8. The molecule has 0 aliphatic heterocycles. The van der Waals surface area contributed by atoms with Crippen molar-refractivity contribution in [2.75, 3.05) is 0 Å². The molecule has 0 fully saturated rings. The highest BCUT2D eigenvalue weighted by molar-refractivity contribution is 7.14. The van der Waals surface area contributed by atoms with Crippen LogP contribution in [0, 0.1) is 6.58 Å². The highest BCUT2D eigenvalue weighted by Gasteiger charge is 2.25. The van der Waals surface area contributed by atoms with Crippen LogP contribution in [-0.4, -0.2) is 5.11 Å². The average Bonchev–Trinajstić information content (AvgIpc) is 3.21. The lowest BCUT2D eigenvalue weighted by Gasteiger charge is -2.22. The molecule has 127 valence electrons. The minimum Gasteiger partial charge on any atom is -0.385 e. The summed E-state index contributed by atoms with van der Waals surface area (Å²) < 4.78 is 0. The van der Waals surface area contributed by atoms with Crippen molar-refractivity contribution in [3.05, 3.63) is 62.5 Å². The molecule has 0 bridgehead atoms. The summed E-state index contributed by atoms with van der Waals surface area (Å²) >= 11 is 3.33. The molecule has 0 aliphatic carbocycles. The fourth-order valence-electron chi connectivity index (χ4n) is 2.37. The summed E-state index contributed by atoms with van der Waals surface area (Å²) in [5, 5.41) is 10.8. The fraction of sp³-hybridized carbons (Fsp3) is 0.333. The van der Waals surface area contributed by atoms with Crippen LogP contribution in [-0.2, 0) is 5.60 Å². The molecule has 2 aromatic heterocycles. The number of thiophene rings is 2. The highest BCUT2D eigenvalue weighted by Crippen LogP contribution is 2.35. The van der Waals surface area contributed by atoms with Gasteiger partial charge < -0.3 is 5.11 Å². The van der Waals surface area contributed by atoms with Crippen molar-refractivity contribution in [2.45, 2.75) is 45.6 Å². The van der Waals surface area contributed by atoms with E-state index in [0.29, 0.717) is 12.8 Å². The maximum Gasteiger partial charge on any atom is 0.0963 e. The Morgan fingerprint density at radius 2 is 1.88 bits per heavy atom. The topological polar surface area (TPSA) is 20.2 Å². The van der Waals surface area contributed by atoms with Gasteiger partial charge in [-0.05, 0) is 75.1 Å². The average molecular weight is 358 g/mol. The lowest BCUT2D eigenvalue weighted by Crippen LogP contribution is -2.19. The van der Waals surface area contributed by atoms with Crippen molar-refractivity contribution < 1.29 is 5.11 Å². The number of hydrogen-bond donors (Lipinski definition) is 1. The van der Waals surface area contributed by atoms with Gasteiger partial charge in [0.1, 0.15) is 0 Å². The van der Waals surface area contributed by atoms with E-state index >= 15 is 0 Å². The first kappa shape index (κ1) is 18.9. The molecule has 0 saturated carbocycles. The van der Waals surface area contributed by atoms with Gasteiger partial charge in [-0.15, -0.1) is 22.7 Å². The van der Waals surface area contributed by atoms with Crippen LogP contribution in [0.25, 0.3) is 17.7 Å². The van der Waals surface area contributed by atoms with Crippen LogP contribution in [0.1, 0.15) is 59.5 Å². The van der Waals surface area contributed by atoms with Gasteiger partial charge in [0.15, 0.2) is 0 Å². The van der Waals surface area contributed by atoms with Gasteiger partial charge in [-0.3, -0.25) is 0 Å². The second kappa shape index (κ2) is 8.61. The first-order chi connectivity index (χ1) is 11.5. The standard InChI is InChI=1S/C21H25OS2/c1-5-7-9-18-10-12-19(23-18)16(3)14-15-21(4,22)20-13-11-17(24-20)8-6-2/h3,6-13,22H,5,14-15H2,1-2,4H3/b8-6+,9-7+,16-3?. The summed E-state index contributed by atoms with van der Waals surface area (Å²) in [5.41, 5.74) is -0.00112. The zero-order chi connectivity index (χ0) is 17.6. The molecule has 2 heterocycles. The van der Waals surface area contributed by atoms with E-state index in [0.717, 1.165) is 26.6 Å².